The average molecular weight is 418 g/mol. The summed E-state index contributed by atoms with van der Waals surface area (Å²) in [4.78, 5) is 4.74. The number of hydrogen-bond acceptors (Lipinski definition) is 5. The zero-order valence-corrected chi connectivity index (χ0v) is 17.2. The van der Waals surface area contributed by atoms with Crippen LogP contribution >= 0.6 is 11.6 Å². The van der Waals surface area contributed by atoms with Crippen molar-refractivity contribution in [3.8, 4) is 11.4 Å². The van der Waals surface area contributed by atoms with Crippen molar-refractivity contribution in [1.29, 1.82) is 0 Å². The number of aromatic nitrogens is 2. The highest BCUT2D eigenvalue weighted by Crippen LogP contribution is 2.36. The van der Waals surface area contributed by atoms with Gasteiger partial charge >= 0.3 is 0 Å². The average Bonchev–Trinajstić information content (AvgIpc) is 3.33. The number of hydrogen-bond donors (Lipinski definition) is 0. The molecule has 1 aromatic heterocycles. The molecule has 6 nitrogen and oxygen atoms in total. The highest BCUT2D eigenvalue weighted by molar-refractivity contribution is 7.89. The van der Waals surface area contributed by atoms with E-state index in [4.69, 9.17) is 16.1 Å². The van der Waals surface area contributed by atoms with E-state index in [-0.39, 0.29) is 4.90 Å². The molecule has 2 aromatic carbocycles. The van der Waals surface area contributed by atoms with E-state index in [1.165, 1.54) is 4.31 Å². The standard InChI is InChI=1S/C20H20ClN3O3S/c1-13-8-9-17(11-14(13)2)28(25,26)24-10-4-7-18(24)20-22-19(23-27-20)15-5-3-6-16(21)12-15/h3,5-6,8-9,11-12,18H,4,7,10H2,1-2H3/t18-/m0/s1. The van der Waals surface area contributed by atoms with Gasteiger partial charge in [0.25, 0.3) is 0 Å². The van der Waals surface area contributed by atoms with Gasteiger partial charge in [-0.2, -0.15) is 9.29 Å². The van der Waals surface area contributed by atoms with Crippen molar-refractivity contribution in [3.63, 3.8) is 0 Å². The highest BCUT2D eigenvalue weighted by atomic mass is 35.5. The van der Waals surface area contributed by atoms with Crippen LogP contribution in [0.5, 0.6) is 0 Å². The summed E-state index contributed by atoms with van der Waals surface area (Å²) in [6.07, 6.45) is 1.38. The summed E-state index contributed by atoms with van der Waals surface area (Å²) < 4.78 is 33.3. The molecule has 1 aliphatic heterocycles. The Labute approximate surface area is 169 Å². The van der Waals surface area contributed by atoms with Crippen LogP contribution < -0.4 is 0 Å². The van der Waals surface area contributed by atoms with Crippen molar-refractivity contribution in [2.24, 2.45) is 0 Å². The van der Waals surface area contributed by atoms with Gasteiger partial charge in [0.15, 0.2) is 0 Å². The fourth-order valence-electron chi connectivity index (χ4n) is 3.40. The summed E-state index contributed by atoms with van der Waals surface area (Å²) in [5.41, 5.74) is 2.72. The molecule has 0 amide bonds. The number of sulfonamides is 1. The summed E-state index contributed by atoms with van der Waals surface area (Å²) in [7, 11) is -3.65. The van der Waals surface area contributed by atoms with Crippen LogP contribution in [0, 0.1) is 13.8 Å². The molecule has 0 aliphatic carbocycles. The third-order valence-electron chi connectivity index (χ3n) is 5.10. The molecule has 1 aliphatic rings. The smallest absolute Gasteiger partial charge is 0.245 e. The summed E-state index contributed by atoms with van der Waals surface area (Å²) in [6, 6.07) is 11.9. The molecule has 1 saturated heterocycles. The minimum Gasteiger partial charge on any atom is -0.337 e. The normalized spacial score (nSPS) is 17.9. The maximum atomic E-state index is 13.2. The van der Waals surface area contributed by atoms with Crippen molar-refractivity contribution in [1.82, 2.24) is 14.4 Å². The van der Waals surface area contributed by atoms with Gasteiger partial charge in [-0.25, -0.2) is 8.42 Å². The molecule has 0 bridgehead atoms. The molecular weight excluding hydrogens is 398 g/mol. The van der Waals surface area contributed by atoms with Gasteiger partial charge in [0.1, 0.15) is 6.04 Å². The molecule has 1 fully saturated rings. The molecule has 146 valence electrons. The second-order valence-electron chi connectivity index (χ2n) is 6.99. The van der Waals surface area contributed by atoms with Crippen molar-refractivity contribution in [3.05, 3.63) is 64.5 Å². The Bertz CT molecular complexity index is 1130. The predicted molar refractivity (Wildman–Crippen MR) is 107 cm³/mol. The summed E-state index contributed by atoms with van der Waals surface area (Å²) in [5.74, 6) is 0.702. The Morgan fingerprint density at radius 1 is 1.14 bits per heavy atom. The predicted octanol–water partition coefficient (Wildman–Crippen LogP) is 4.53. The summed E-state index contributed by atoms with van der Waals surface area (Å²) >= 11 is 6.03. The zero-order chi connectivity index (χ0) is 19.9. The number of rotatable bonds is 4. The molecule has 3 aromatic rings. The first kappa shape index (κ1) is 19.1. The van der Waals surface area contributed by atoms with Crippen LogP contribution in [0.15, 0.2) is 51.9 Å². The Morgan fingerprint density at radius 2 is 1.96 bits per heavy atom. The van der Waals surface area contributed by atoms with Gasteiger partial charge in [-0.3, -0.25) is 0 Å². The van der Waals surface area contributed by atoms with Gasteiger partial charge in [-0.05, 0) is 62.1 Å². The fraction of sp³-hybridized carbons (Fsp3) is 0.300. The minimum atomic E-state index is -3.65. The Balaban J connectivity index is 1.66. The van der Waals surface area contributed by atoms with Gasteiger partial charge < -0.3 is 4.52 Å². The van der Waals surface area contributed by atoms with Crippen molar-refractivity contribution in [2.75, 3.05) is 6.54 Å². The molecule has 2 heterocycles. The maximum Gasteiger partial charge on any atom is 0.245 e. The Kier molecular flexibility index (Phi) is 4.99. The first-order valence-electron chi connectivity index (χ1n) is 9.05. The molecule has 4 rings (SSSR count). The van der Waals surface area contributed by atoms with Crippen LogP contribution in [0.3, 0.4) is 0 Å². The molecule has 0 saturated carbocycles. The molecule has 28 heavy (non-hydrogen) atoms. The van der Waals surface area contributed by atoms with Crippen LogP contribution in [0.1, 0.15) is 35.9 Å². The molecule has 0 radical (unpaired) electrons. The van der Waals surface area contributed by atoms with Crippen LogP contribution in [0.2, 0.25) is 5.02 Å². The molecule has 0 spiro atoms. The third kappa shape index (κ3) is 3.45. The van der Waals surface area contributed by atoms with E-state index in [0.29, 0.717) is 29.7 Å². The molecule has 8 heteroatoms. The van der Waals surface area contributed by atoms with Crippen molar-refractivity contribution >= 4 is 21.6 Å². The molecular formula is C20H20ClN3O3S. The molecule has 0 unspecified atom stereocenters. The molecule has 1 atom stereocenters. The largest absolute Gasteiger partial charge is 0.337 e. The monoisotopic (exact) mass is 417 g/mol. The van der Waals surface area contributed by atoms with E-state index in [1.807, 2.05) is 26.0 Å². The van der Waals surface area contributed by atoms with Gasteiger partial charge in [0, 0.05) is 17.1 Å². The number of halogens is 1. The van der Waals surface area contributed by atoms with E-state index < -0.39 is 16.1 Å². The van der Waals surface area contributed by atoms with Gasteiger partial charge in [-0.15, -0.1) is 0 Å². The summed E-state index contributed by atoms with van der Waals surface area (Å²) in [6.45, 7) is 4.29. The number of aryl methyl sites for hydroxylation is 2. The lowest BCUT2D eigenvalue weighted by molar-refractivity contribution is 0.290. The number of benzene rings is 2. The summed E-state index contributed by atoms with van der Waals surface area (Å²) in [5, 5.41) is 4.59. The van der Waals surface area contributed by atoms with Crippen molar-refractivity contribution in [2.45, 2.75) is 37.6 Å². The number of nitrogens with zero attached hydrogens (tertiary/aromatic N) is 3. The van der Waals surface area contributed by atoms with Crippen LogP contribution in [0.4, 0.5) is 0 Å². The topological polar surface area (TPSA) is 76.3 Å². The maximum absolute atomic E-state index is 13.2. The lowest BCUT2D eigenvalue weighted by atomic mass is 10.1. The van der Waals surface area contributed by atoms with Gasteiger partial charge in [0.05, 0.1) is 4.90 Å². The Morgan fingerprint density at radius 3 is 2.71 bits per heavy atom. The van der Waals surface area contributed by atoms with E-state index in [1.54, 1.807) is 30.3 Å². The van der Waals surface area contributed by atoms with Crippen LogP contribution in [-0.2, 0) is 10.0 Å². The van der Waals surface area contributed by atoms with Gasteiger partial charge in [0.2, 0.25) is 21.7 Å². The van der Waals surface area contributed by atoms with Crippen molar-refractivity contribution < 1.29 is 12.9 Å². The quantitative estimate of drug-likeness (QED) is 0.623. The Hall–Kier alpha value is -2.22. The van der Waals surface area contributed by atoms with E-state index in [2.05, 4.69) is 10.1 Å². The second-order valence-corrected chi connectivity index (χ2v) is 9.31. The van der Waals surface area contributed by atoms with E-state index >= 15 is 0 Å². The lowest BCUT2D eigenvalue weighted by Gasteiger charge is -2.21. The van der Waals surface area contributed by atoms with E-state index in [0.717, 1.165) is 23.1 Å². The third-order valence-corrected chi connectivity index (χ3v) is 7.24. The van der Waals surface area contributed by atoms with E-state index in [9.17, 15) is 8.42 Å². The highest BCUT2D eigenvalue weighted by Gasteiger charge is 2.39. The first-order chi connectivity index (χ1) is 13.4. The van der Waals surface area contributed by atoms with Crippen LogP contribution in [-0.4, -0.2) is 29.4 Å². The van der Waals surface area contributed by atoms with Crippen LogP contribution in [0.25, 0.3) is 11.4 Å². The second kappa shape index (κ2) is 7.31. The fourth-order valence-corrected chi connectivity index (χ4v) is 5.33. The zero-order valence-electron chi connectivity index (χ0n) is 15.6. The van der Waals surface area contributed by atoms with Gasteiger partial charge in [-0.1, -0.05) is 35.0 Å². The lowest BCUT2D eigenvalue weighted by Crippen LogP contribution is -2.31. The first-order valence-corrected chi connectivity index (χ1v) is 10.9. The molecule has 0 N–H and O–H groups in total. The minimum absolute atomic E-state index is 0.289. The SMILES string of the molecule is Cc1ccc(S(=O)(=O)N2CCC[C@H]2c2nc(-c3cccc(Cl)c3)no2)cc1C.